The second-order valence-electron chi connectivity index (χ2n) is 2.60. The first-order chi connectivity index (χ1) is 6.42. The van der Waals surface area contributed by atoms with Gasteiger partial charge in [-0.3, -0.25) is 0 Å². The highest BCUT2D eigenvalue weighted by atomic mass is 79.9. The van der Waals surface area contributed by atoms with Crippen molar-refractivity contribution in [3.05, 3.63) is 33.8 Å². The van der Waals surface area contributed by atoms with E-state index in [1.54, 1.807) is 18.2 Å². The molecule has 0 aromatic heterocycles. The Kier molecular flexibility index (Phi) is 3.53. The standard InChI is InChI=1S/C8H5BrClNO2S/c9-8-3-6(4-11)1-2-7(8)5-14(10,12)13/h1-3H,5H2. The zero-order valence-electron chi connectivity index (χ0n) is 6.87. The Bertz CT molecular complexity index is 493. The lowest BCUT2D eigenvalue weighted by Crippen LogP contribution is -1.96. The molecule has 1 aromatic rings. The summed E-state index contributed by atoms with van der Waals surface area (Å²) in [6, 6.07) is 6.60. The average molecular weight is 295 g/mol. The summed E-state index contributed by atoms with van der Waals surface area (Å²) in [5.41, 5.74) is 1.01. The Morgan fingerprint density at radius 1 is 1.50 bits per heavy atom. The molecule has 0 spiro atoms. The number of benzene rings is 1. The van der Waals surface area contributed by atoms with E-state index in [4.69, 9.17) is 15.9 Å². The fraction of sp³-hybridized carbons (Fsp3) is 0.125. The van der Waals surface area contributed by atoms with Gasteiger partial charge < -0.3 is 0 Å². The van der Waals surface area contributed by atoms with Gasteiger partial charge in [0.05, 0.1) is 17.4 Å². The maximum atomic E-state index is 10.8. The molecule has 1 rings (SSSR count). The molecule has 3 nitrogen and oxygen atoms in total. The molecule has 1 aromatic carbocycles. The number of halogens is 2. The zero-order valence-corrected chi connectivity index (χ0v) is 10.0. The maximum absolute atomic E-state index is 10.8. The van der Waals surface area contributed by atoms with Crippen LogP contribution in [-0.4, -0.2) is 8.42 Å². The molecule has 0 atom stereocenters. The monoisotopic (exact) mass is 293 g/mol. The van der Waals surface area contributed by atoms with Crippen LogP contribution in [0, 0.1) is 11.3 Å². The molecule has 0 amide bonds. The van der Waals surface area contributed by atoms with Gasteiger partial charge in [-0.05, 0) is 17.7 Å². The van der Waals surface area contributed by atoms with Crippen molar-refractivity contribution in [1.29, 1.82) is 5.26 Å². The minimum Gasteiger partial charge on any atom is -0.212 e. The Balaban J connectivity index is 3.09. The quantitative estimate of drug-likeness (QED) is 0.787. The third-order valence-electron chi connectivity index (χ3n) is 1.51. The Hall–Kier alpha value is -0.570. The smallest absolute Gasteiger partial charge is 0.212 e. The third kappa shape index (κ3) is 3.29. The highest BCUT2D eigenvalue weighted by Gasteiger charge is 2.10. The van der Waals surface area contributed by atoms with Crippen LogP contribution in [0.3, 0.4) is 0 Å². The molecule has 0 aliphatic rings. The van der Waals surface area contributed by atoms with Crippen molar-refractivity contribution >= 4 is 35.7 Å². The van der Waals surface area contributed by atoms with E-state index in [1.807, 2.05) is 6.07 Å². The van der Waals surface area contributed by atoms with Gasteiger partial charge in [-0.15, -0.1) is 0 Å². The van der Waals surface area contributed by atoms with Crippen molar-refractivity contribution in [1.82, 2.24) is 0 Å². The molecule has 0 saturated carbocycles. The van der Waals surface area contributed by atoms with Gasteiger partial charge in [-0.2, -0.15) is 5.26 Å². The summed E-state index contributed by atoms with van der Waals surface area (Å²) in [6.45, 7) is 0. The van der Waals surface area contributed by atoms with Crippen LogP contribution in [0.2, 0.25) is 0 Å². The minimum atomic E-state index is -3.56. The molecule has 0 radical (unpaired) electrons. The predicted octanol–water partition coefficient (Wildman–Crippen LogP) is 2.39. The number of hydrogen-bond acceptors (Lipinski definition) is 3. The number of nitrogens with zero attached hydrogens (tertiary/aromatic N) is 1. The van der Waals surface area contributed by atoms with E-state index in [9.17, 15) is 8.42 Å². The fourth-order valence-electron chi connectivity index (χ4n) is 0.920. The topological polar surface area (TPSA) is 57.9 Å². The van der Waals surface area contributed by atoms with Gasteiger partial charge in [0.15, 0.2) is 0 Å². The van der Waals surface area contributed by atoms with Crippen LogP contribution in [-0.2, 0) is 14.8 Å². The first-order valence-electron chi connectivity index (χ1n) is 3.53. The predicted molar refractivity (Wildman–Crippen MR) is 57.3 cm³/mol. The highest BCUT2D eigenvalue weighted by molar-refractivity contribution is 9.10. The van der Waals surface area contributed by atoms with Crippen molar-refractivity contribution in [2.45, 2.75) is 5.75 Å². The fourth-order valence-corrected chi connectivity index (χ4v) is 2.60. The first kappa shape index (κ1) is 11.5. The molecule has 6 heteroatoms. The van der Waals surface area contributed by atoms with Crippen molar-refractivity contribution in [2.75, 3.05) is 0 Å². The Morgan fingerprint density at radius 2 is 2.14 bits per heavy atom. The van der Waals surface area contributed by atoms with E-state index in [0.29, 0.717) is 15.6 Å². The van der Waals surface area contributed by atoms with Crippen LogP contribution in [0.5, 0.6) is 0 Å². The summed E-state index contributed by atoms with van der Waals surface area (Å²) in [4.78, 5) is 0. The second-order valence-corrected chi connectivity index (χ2v) is 6.23. The van der Waals surface area contributed by atoms with Crippen LogP contribution in [0.4, 0.5) is 0 Å². The summed E-state index contributed by atoms with van der Waals surface area (Å²) < 4.78 is 22.1. The second kappa shape index (κ2) is 4.30. The molecular weight excluding hydrogens is 290 g/mol. The van der Waals surface area contributed by atoms with Gasteiger partial charge >= 0.3 is 0 Å². The van der Waals surface area contributed by atoms with Crippen molar-refractivity contribution < 1.29 is 8.42 Å². The third-order valence-corrected chi connectivity index (χ3v) is 3.23. The summed E-state index contributed by atoms with van der Waals surface area (Å²) in [6.07, 6.45) is 0. The number of nitriles is 1. The maximum Gasteiger partial charge on any atom is 0.236 e. The van der Waals surface area contributed by atoms with Gasteiger partial charge in [0.2, 0.25) is 9.05 Å². The molecular formula is C8H5BrClNO2S. The molecule has 0 fully saturated rings. The van der Waals surface area contributed by atoms with E-state index < -0.39 is 9.05 Å². The Labute approximate surface area is 94.9 Å². The van der Waals surface area contributed by atoms with Gasteiger partial charge in [-0.25, -0.2) is 8.42 Å². The summed E-state index contributed by atoms with van der Waals surface area (Å²) in [7, 11) is 1.54. The SMILES string of the molecule is N#Cc1ccc(CS(=O)(=O)Cl)c(Br)c1. The summed E-state index contributed by atoms with van der Waals surface area (Å²) in [5, 5.41) is 8.57. The van der Waals surface area contributed by atoms with Gasteiger partial charge in [0.25, 0.3) is 0 Å². The van der Waals surface area contributed by atoms with Gasteiger partial charge in [0, 0.05) is 15.2 Å². The van der Waals surface area contributed by atoms with Crippen molar-refractivity contribution in [3.8, 4) is 6.07 Å². The van der Waals surface area contributed by atoms with E-state index in [0.717, 1.165) is 0 Å². The van der Waals surface area contributed by atoms with Gasteiger partial charge in [-0.1, -0.05) is 22.0 Å². The molecule has 0 aliphatic heterocycles. The minimum absolute atomic E-state index is 0.249. The molecule has 0 bridgehead atoms. The zero-order chi connectivity index (χ0) is 10.8. The Morgan fingerprint density at radius 3 is 2.57 bits per heavy atom. The first-order valence-corrected chi connectivity index (χ1v) is 6.80. The molecule has 0 N–H and O–H groups in total. The lowest BCUT2D eigenvalue weighted by atomic mass is 10.2. The number of rotatable bonds is 2. The van der Waals surface area contributed by atoms with Crippen LogP contribution < -0.4 is 0 Å². The lowest BCUT2D eigenvalue weighted by Gasteiger charge is -2.01. The van der Waals surface area contributed by atoms with Crippen LogP contribution in [0.25, 0.3) is 0 Å². The highest BCUT2D eigenvalue weighted by Crippen LogP contribution is 2.21. The molecule has 14 heavy (non-hydrogen) atoms. The normalized spacial score (nSPS) is 10.9. The lowest BCUT2D eigenvalue weighted by molar-refractivity contribution is 0.609. The van der Waals surface area contributed by atoms with E-state index in [-0.39, 0.29) is 5.75 Å². The summed E-state index contributed by atoms with van der Waals surface area (Å²) >= 11 is 3.17. The largest absolute Gasteiger partial charge is 0.236 e. The van der Waals surface area contributed by atoms with Gasteiger partial charge in [0.1, 0.15) is 0 Å². The van der Waals surface area contributed by atoms with Crippen LogP contribution in [0.1, 0.15) is 11.1 Å². The van der Waals surface area contributed by atoms with E-state index >= 15 is 0 Å². The molecule has 0 unspecified atom stereocenters. The van der Waals surface area contributed by atoms with Crippen LogP contribution in [0.15, 0.2) is 22.7 Å². The molecule has 74 valence electrons. The van der Waals surface area contributed by atoms with E-state index in [2.05, 4.69) is 15.9 Å². The summed E-state index contributed by atoms with van der Waals surface area (Å²) in [5.74, 6) is -0.249. The number of hydrogen-bond donors (Lipinski definition) is 0. The molecule has 0 aliphatic carbocycles. The average Bonchev–Trinajstić information content (AvgIpc) is 2.06. The molecule has 0 saturated heterocycles. The molecule has 0 heterocycles. The van der Waals surface area contributed by atoms with E-state index in [1.165, 1.54) is 0 Å². The van der Waals surface area contributed by atoms with Crippen molar-refractivity contribution in [3.63, 3.8) is 0 Å². The van der Waals surface area contributed by atoms with Crippen LogP contribution >= 0.6 is 26.6 Å². The van der Waals surface area contributed by atoms with Crippen molar-refractivity contribution in [2.24, 2.45) is 0 Å².